The van der Waals surface area contributed by atoms with Crippen LogP contribution in [-0.2, 0) is 17.8 Å². The lowest BCUT2D eigenvalue weighted by Gasteiger charge is -2.35. The minimum Gasteiger partial charge on any atom is -0.376 e. The molecule has 1 N–H and O–H groups in total. The van der Waals surface area contributed by atoms with Gasteiger partial charge in [0.25, 0.3) is 5.91 Å². The fourth-order valence-electron chi connectivity index (χ4n) is 3.42. The van der Waals surface area contributed by atoms with Gasteiger partial charge >= 0.3 is 0 Å². The van der Waals surface area contributed by atoms with Crippen molar-refractivity contribution in [3.05, 3.63) is 39.3 Å². The van der Waals surface area contributed by atoms with E-state index in [-0.39, 0.29) is 11.9 Å². The van der Waals surface area contributed by atoms with Crippen LogP contribution in [0.5, 0.6) is 0 Å². The zero-order chi connectivity index (χ0) is 14.9. The molecule has 22 heavy (non-hydrogen) atoms. The number of nitrogens with one attached hydrogen (secondary N) is 1. The van der Waals surface area contributed by atoms with E-state index in [2.05, 4.69) is 10.2 Å². The van der Waals surface area contributed by atoms with E-state index in [4.69, 9.17) is 4.74 Å². The molecule has 0 aromatic carbocycles. The second kappa shape index (κ2) is 5.85. The number of carbonyl (C=O) groups is 1. The summed E-state index contributed by atoms with van der Waals surface area (Å²) in [5, 5.41) is 11.6. The molecule has 0 bridgehead atoms. The molecule has 4 heterocycles. The number of aromatic amines is 1. The second-order valence-corrected chi connectivity index (χ2v) is 6.67. The molecular weight excluding hydrogens is 298 g/mol. The van der Waals surface area contributed by atoms with Crippen LogP contribution in [0.2, 0.25) is 0 Å². The van der Waals surface area contributed by atoms with Crippen molar-refractivity contribution in [1.29, 1.82) is 0 Å². The van der Waals surface area contributed by atoms with Crippen LogP contribution < -0.4 is 0 Å². The summed E-state index contributed by atoms with van der Waals surface area (Å²) in [7, 11) is 0. The van der Waals surface area contributed by atoms with Crippen LogP contribution >= 0.6 is 11.3 Å². The van der Waals surface area contributed by atoms with E-state index in [0.717, 1.165) is 50.1 Å². The van der Waals surface area contributed by atoms with Gasteiger partial charge in [-0.1, -0.05) is 0 Å². The minimum atomic E-state index is 0.0721. The van der Waals surface area contributed by atoms with Crippen LogP contribution in [0.1, 0.15) is 52.6 Å². The number of fused-ring (bicyclic) bond motifs is 1. The average Bonchev–Trinajstić information content (AvgIpc) is 3.24. The Labute approximate surface area is 133 Å². The van der Waals surface area contributed by atoms with Gasteiger partial charge in [-0.25, -0.2) is 0 Å². The number of piperidine rings is 1. The van der Waals surface area contributed by atoms with Crippen molar-refractivity contribution in [3.8, 4) is 0 Å². The molecule has 0 spiro atoms. The fourth-order valence-corrected chi connectivity index (χ4v) is 4.05. The summed E-state index contributed by atoms with van der Waals surface area (Å²) in [4.78, 5) is 14.8. The number of amides is 1. The summed E-state index contributed by atoms with van der Waals surface area (Å²) >= 11 is 1.56. The topological polar surface area (TPSA) is 58.2 Å². The number of nitrogens with zero attached hydrogens (tertiary/aromatic N) is 2. The van der Waals surface area contributed by atoms with Crippen molar-refractivity contribution >= 4 is 17.2 Å². The van der Waals surface area contributed by atoms with E-state index in [1.165, 1.54) is 11.3 Å². The van der Waals surface area contributed by atoms with Gasteiger partial charge in [0.1, 0.15) is 0 Å². The number of thiophene rings is 1. The number of hydrogen-bond acceptors (Lipinski definition) is 4. The summed E-state index contributed by atoms with van der Waals surface area (Å²) in [5.41, 5.74) is 4.14. The van der Waals surface area contributed by atoms with Gasteiger partial charge in [-0.2, -0.15) is 16.4 Å². The number of likely N-dealkylation sites (tertiary alicyclic amines) is 1. The standard InChI is InChI=1S/C16H19N3O2S/c20-16(11-5-8-22-10-11)19-6-2-1-3-14(19)15-12-9-21-7-4-13(12)17-18-15/h5,8,10,14H,1-4,6-7,9H2,(H,17,18). The third-order valence-corrected chi connectivity index (χ3v) is 5.26. The van der Waals surface area contributed by atoms with Crippen molar-refractivity contribution in [1.82, 2.24) is 15.1 Å². The normalized spacial score (nSPS) is 21.6. The highest BCUT2D eigenvalue weighted by molar-refractivity contribution is 7.08. The third kappa shape index (κ3) is 2.36. The Kier molecular flexibility index (Phi) is 3.72. The molecule has 4 rings (SSSR count). The molecule has 1 amide bonds. The first kappa shape index (κ1) is 14.0. The molecule has 2 aromatic heterocycles. The van der Waals surface area contributed by atoms with Crippen LogP contribution in [-0.4, -0.2) is 34.2 Å². The molecule has 116 valence electrons. The average molecular weight is 317 g/mol. The number of H-pyrrole nitrogens is 1. The first-order valence-electron chi connectivity index (χ1n) is 7.81. The maximum absolute atomic E-state index is 12.8. The molecule has 5 nitrogen and oxygen atoms in total. The number of hydrogen-bond donors (Lipinski definition) is 1. The van der Waals surface area contributed by atoms with Crippen LogP contribution in [0.15, 0.2) is 16.8 Å². The Morgan fingerprint density at radius 1 is 1.45 bits per heavy atom. The van der Waals surface area contributed by atoms with Gasteiger partial charge in [-0.3, -0.25) is 9.89 Å². The van der Waals surface area contributed by atoms with Crippen molar-refractivity contribution in [2.45, 2.75) is 38.3 Å². The fraction of sp³-hybridized carbons (Fsp3) is 0.500. The van der Waals surface area contributed by atoms with E-state index < -0.39 is 0 Å². The molecular formula is C16H19N3O2S. The molecule has 2 aliphatic rings. The lowest BCUT2D eigenvalue weighted by Crippen LogP contribution is -2.39. The Morgan fingerprint density at radius 2 is 2.41 bits per heavy atom. The van der Waals surface area contributed by atoms with E-state index in [1.807, 2.05) is 21.7 Å². The summed E-state index contributed by atoms with van der Waals surface area (Å²) < 4.78 is 5.59. The van der Waals surface area contributed by atoms with Crippen molar-refractivity contribution in [2.24, 2.45) is 0 Å². The molecule has 1 atom stereocenters. The van der Waals surface area contributed by atoms with Crippen LogP contribution in [0, 0.1) is 0 Å². The van der Waals surface area contributed by atoms with Gasteiger partial charge in [0.2, 0.25) is 0 Å². The Bertz CT molecular complexity index is 665. The van der Waals surface area contributed by atoms with Gasteiger partial charge in [-0.05, 0) is 30.7 Å². The van der Waals surface area contributed by atoms with E-state index in [9.17, 15) is 4.79 Å². The maximum Gasteiger partial charge on any atom is 0.255 e. The van der Waals surface area contributed by atoms with Gasteiger partial charge in [0.15, 0.2) is 0 Å². The van der Waals surface area contributed by atoms with Crippen LogP contribution in [0.4, 0.5) is 0 Å². The summed E-state index contributed by atoms with van der Waals surface area (Å²) in [6, 6.07) is 1.98. The second-order valence-electron chi connectivity index (χ2n) is 5.89. The summed E-state index contributed by atoms with van der Waals surface area (Å²) in [6.07, 6.45) is 4.07. The summed E-state index contributed by atoms with van der Waals surface area (Å²) in [5.74, 6) is 0.124. The molecule has 0 saturated carbocycles. The van der Waals surface area contributed by atoms with E-state index in [1.54, 1.807) is 11.3 Å². The van der Waals surface area contributed by atoms with Gasteiger partial charge in [0.05, 0.1) is 30.5 Å². The minimum absolute atomic E-state index is 0.0721. The van der Waals surface area contributed by atoms with E-state index in [0.29, 0.717) is 6.61 Å². The number of ether oxygens (including phenoxy) is 1. The Balaban J connectivity index is 1.66. The smallest absolute Gasteiger partial charge is 0.255 e. The SMILES string of the molecule is O=C(c1ccsc1)N1CCCCC1c1n[nH]c2c1COCC2. The highest BCUT2D eigenvalue weighted by Gasteiger charge is 2.33. The molecule has 0 aliphatic carbocycles. The predicted molar refractivity (Wildman–Crippen MR) is 83.9 cm³/mol. The van der Waals surface area contributed by atoms with Crippen molar-refractivity contribution in [2.75, 3.05) is 13.2 Å². The molecule has 6 heteroatoms. The number of carbonyl (C=O) groups excluding carboxylic acids is 1. The molecule has 0 radical (unpaired) electrons. The monoisotopic (exact) mass is 317 g/mol. The third-order valence-electron chi connectivity index (χ3n) is 4.57. The molecule has 1 saturated heterocycles. The Morgan fingerprint density at radius 3 is 3.27 bits per heavy atom. The molecule has 1 unspecified atom stereocenters. The quantitative estimate of drug-likeness (QED) is 0.926. The first-order valence-corrected chi connectivity index (χ1v) is 8.76. The molecule has 2 aliphatic heterocycles. The van der Waals surface area contributed by atoms with Gasteiger partial charge in [0, 0.05) is 29.6 Å². The van der Waals surface area contributed by atoms with E-state index >= 15 is 0 Å². The zero-order valence-corrected chi connectivity index (χ0v) is 13.2. The van der Waals surface area contributed by atoms with Gasteiger partial charge in [-0.15, -0.1) is 0 Å². The molecule has 1 fully saturated rings. The highest BCUT2D eigenvalue weighted by Crippen LogP contribution is 2.35. The van der Waals surface area contributed by atoms with Crippen molar-refractivity contribution in [3.63, 3.8) is 0 Å². The largest absolute Gasteiger partial charge is 0.376 e. The highest BCUT2D eigenvalue weighted by atomic mass is 32.1. The predicted octanol–water partition coefficient (Wildman–Crippen LogP) is 2.91. The lowest BCUT2D eigenvalue weighted by atomic mass is 9.95. The van der Waals surface area contributed by atoms with Crippen LogP contribution in [0.25, 0.3) is 0 Å². The molecule has 2 aromatic rings. The number of rotatable bonds is 2. The zero-order valence-electron chi connectivity index (χ0n) is 12.4. The number of aromatic nitrogens is 2. The van der Waals surface area contributed by atoms with Crippen molar-refractivity contribution < 1.29 is 9.53 Å². The maximum atomic E-state index is 12.8. The van der Waals surface area contributed by atoms with Gasteiger partial charge < -0.3 is 9.64 Å². The first-order chi connectivity index (χ1) is 10.8. The summed E-state index contributed by atoms with van der Waals surface area (Å²) in [6.45, 7) is 2.16. The van der Waals surface area contributed by atoms with Crippen LogP contribution in [0.3, 0.4) is 0 Å². The Hall–Kier alpha value is -1.66. The lowest BCUT2D eigenvalue weighted by molar-refractivity contribution is 0.0597.